The highest BCUT2D eigenvalue weighted by Crippen LogP contribution is 2.08. The van der Waals surface area contributed by atoms with Gasteiger partial charge in [-0.3, -0.25) is 0 Å². The molecule has 0 bridgehead atoms. The molecule has 0 aliphatic rings. The fourth-order valence-electron chi connectivity index (χ4n) is 1.45. The van der Waals surface area contributed by atoms with Crippen molar-refractivity contribution in [3.05, 3.63) is 69.7 Å². The summed E-state index contributed by atoms with van der Waals surface area (Å²) in [6, 6.07) is 13.5. The van der Waals surface area contributed by atoms with Crippen LogP contribution in [0.15, 0.2) is 58.7 Å². The van der Waals surface area contributed by atoms with Crippen LogP contribution >= 0.6 is 23.2 Å². The lowest BCUT2D eigenvalue weighted by atomic mass is 10.2. The van der Waals surface area contributed by atoms with Gasteiger partial charge in [0, 0.05) is 10.0 Å². The second-order valence-electron chi connectivity index (χ2n) is 4.17. The summed E-state index contributed by atoms with van der Waals surface area (Å²) < 4.78 is 0. The number of carbonyl (C=O) groups excluding carboxylic acids is 1. The number of hydrazone groups is 2. The Balaban J connectivity index is 1.78. The molecule has 7 heteroatoms. The smallest absolute Gasteiger partial charge is 0.245 e. The van der Waals surface area contributed by atoms with E-state index in [1.165, 1.54) is 12.4 Å². The van der Waals surface area contributed by atoms with E-state index >= 15 is 0 Å². The summed E-state index contributed by atoms with van der Waals surface area (Å²) in [7, 11) is 0. The van der Waals surface area contributed by atoms with Crippen LogP contribution in [0.2, 0.25) is 10.0 Å². The van der Waals surface area contributed by atoms with Gasteiger partial charge in [-0.2, -0.15) is 10.2 Å². The normalized spacial score (nSPS) is 11.0. The molecule has 0 heterocycles. The second-order valence-corrected chi connectivity index (χ2v) is 5.05. The quantitative estimate of drug-likeness (QED) is 0.650. The number of amides is 2. The number of urea groups is 1. The number of halogens is 2. The first kappa shape index (κ1) is 16.0. The van der Waals surface area contributed by atoms with Crippen molar-refractivity contribution >= 4 is 41.7 Å². The van der Waals surface area contributed by atoms with E-state index in [9.17, 15) is 4.79 Å². The fourth-order valence-corrected chi connectivity index (χ4v) is 1.71. The lowest BCUT2D eigenvalue weighted by Crippen LogP contribution is -2.28. The third kappa shape index (κ3) is 5.55. The van der Waals surface area contributed by atoms with Crippen LogP contribution in [0.4, 0.5) is 4.79 Å². The predicted octanol–water partition coefficient (Wildman–Crippen LogP) is 3.66. The number of hydrogen-bond acceptors (Lipinski definition) is 3. The van der Waals surface area contributed by atoms with Gasteiger partial charge in [-0.25, -0.2) is 15.6 Å². The van der Waals surface area contributed by atoms with E-state index in [0.29, 0.717) is 10.0 Å². The van der Waals surface area contributed by atoms with Crippen molar-refractivity contribution in [2.45, 2.75) is 0 Å². The van der Waals surface area contributed by atoms with E-state index < -0.39 is 6.03 Å². The first-order chi connectivity index (χ1) is 10.6. The molecule has 0 fully saturated rings. The minimum Gasteiger partial charge on any atom is -0.245 e. The molecule has 0 aliphatic carbocycles. The lowest BCUT2D eigenvalue weighted by molar-refractivity contribution is 0.242. The Bertz CT molecular complexity index is 622. The van der Waals surface area contributed by atoms with Crippen molar-refractivity contribution in [2.75, 3.05) is 0 Å². The van der Waals surface area contributed by atoms with E-state index in [4.69, 9.17) is 23.2 Å². The van der Waals surface area contributed by atoms with Crippen LogP contribution in [0.3, 0.4) is 0 Å². The van der Waals surface area contributed by atoms with Gasteiger partial charge in [-0.05, 0) is 35.4 Å². The Morgan fingerprint density at radius 2 is 1.14 bits per heavy atom. The SMILES string of the molecule is O=C(N/N=C\c1ccc(Cl)cc1)N/N=C\c1ccc(Cl)cc1. The summed E-state index contributed by atoms with van der Waals surface area (Å²) in [4.78, 5) is 11.4. The van der Waals surface area contributed by atoms with E-state index in [2.05, 4.69) is 21.1 Å². The number of benzene rings is 2. The Morgan fingerprint density at radius 1 is 0.773 bits per heavy atom. The van der Waals surface area contributed by atoms with Gasteiger partial charge in [0.25, 0.3) is 0 Å². The van der Waals surface area contributed by atoms with Crippen LogP contribution < -0.4 is 10.9 Å². The molecular formula is C15H12Cl2N4O. The topological polar surface area (TPSA) is 65.8 Å². The lowest BCUT2D eigenvalue weighted by Gasteiger charge is -1.98. The summed E-state index contributed by atoms with van der Waals surface area (Å²) in [5.41, 5.74) is 6.21. The summed E-state index contributed by atoms with van der Waals surface area (Å²) in [6.07, 6.45) is 3.00. The van der Waals surface area contributed by atoms with Crippen molar-refractivity contribution < 1.29 is 4.79 Å². The monoisotopic (exact) mass is 334 g/mol. The molecule has 0 unspecified atom stereocenters. The Labute approximate surface area is 137 Å². The van der Waals surface area contributed by atoms with Crippen LogP contribution in [0.25, 0.3) is 0 Å². The molecule has 0 saturated carbocycles. The largest absolute Gasteiger partial charge is 0.355 e. The molecule has 0 aliphatic heterocycles. The van der Waals surface area contributed by atoms with Crippen molar-refractivity contribution in [1.29, 1.82) is 0 Å². The van der Waals surface area contributed by atoms with Gasteiger partial charge in [-0.1, -0.05) is 47.5 Å². The van der Waals surface area contributed by atoms with Crippen molar-refractivity contribution in [2.24, 2.45) is 10.2 Å². The molecule has 112 valence electrons. The van der Waals surface area contributed by atoms with Crippen molar-refractivity contribution in [3.63, 3.8) is 0 Å². The third-order valence-electron chi connectivity index (χ3n) is 2.50. The van der Waals surface area contributed by atoms with E-state index in [-0.39, 0.29) is 0 Å². The summed E-state index contributed by atoms with van der Waals surface area (Å²) in [6.45, 7) is 0. The van der Waals surface area contributed by atoms with Gasteiger partial charge >= 0.3 is 6.03 Å². The molecule has 0 aromatic heterocycles. The van der Waals surface area contributed by atoms with Crippen LogP contribution in [-0.4, -0.2) is 18.5 Å². The van der Waals surface area contributed by atoms with Crippen LogP contribution in [-0.2, 0) is 0 Å². The Hall–Kier alpha value is -2.37. The van der Waals surface area contributed by atoms with Crippen molar-refractivity contribution in [3.8, 4) is 0 Å². The van der Waals surface area contributed by atoms with Gasteiger partial charge in [0.05, 0.1) is 12.4 Å². The zero-order chi connectivity index (χ0) is 15.8. The van der Waals surface area contributed by atoms with Crippen molar-refractivity contribution in [1.82, 2.24) is 10.9 Å². The van der Waals surface area contributed by atoms with Gasteiger partial charge in [-0.15, -0.1) is 0 Å². The van der Waals surface area contributed by atoms with Gasteiger partial charge in [0.15, 0.2) is 0 Å². The first-order valence-electron chi connectivity index (χ1n) is 6.27. The van der Waals surface area contributed by atoms with Gasteiger partial charge in [0.1, 0.15) is 0 Å². The van der Waals surface area contributed by atoms with Crippen LogP contribution in [0.5, 0.6) is 0 Å². The average molecular weight is 335 g/mol. The molecule has 2 amide bonds. The maximum Gasteiger partial charge on any atom is 0.355 e. The second kappa shape index (κ2) is 8.17. The number of carbonyl (C=O) groups is 1. The molecule has 2 N–H and O–H groups in total. The molecular weight excluding hydrogens is 323 g/mol. The fraction of sp³-hybridized carbons (Fsp3) is 0. The summed E-state index contributed by atoms with van der Waals surface area (Å²) in [5.74, 6) is 0. The standard InChI is InChI=1S/C15H12Cl2N4O/c16-13-5-1-11(2-6-13)9-18-20-15(22)21-19-10-12-3-7-14(17)8-4-12/h1-10H,(H2,20,21,22)/b18-9-,19-10-. The minimum atomic E-state index is -0.546. The average Bonchev–Trinajstić information content (AvgIpc) is 2.51. The summed E-state index contributed by atoms with van der Waals surface area (Å²) in [5, 5.41) is 8.85. The number of nitrogens with zero attached hydrogens (tertiary/aromatic N) is 2. The number of rotatable bonds is 4. The Kier molecular flexibility index (Phi) is 5.94. The molecule has 0 saturated heterocycles. The van der Waals surface area contributed by atoms with Gasteiger partial charge < -0.3 is 0 Å². The first-order valence-corrected chi connectivity index (χ1v) is 7.02. The zero-order valence-electron chi connectivity index (χ0n) is 11.3. The molecule has 2 aromatic rings. The molecule has 0 radical (unpaired) electrons. The predicted molar refractivity (Wildman–Crippen MR) is 89.8 cm³/mol. The Morgan fingerprint density at radius 3 is 1.50 bits per heavy atom. The maximum absolute atomic E-state index is 11.4. The molecule has 2 aromatic carbocycles. The summed E-state index contributed by atoms with van der Waals surface area (Å²) >= 11 is 11.5. The minimum absolute atomic E-state index is 0.546. The number of nitrogens with one attached hydrogen (secondary N) is 2. The van der Waals surface area contributed by atoms with E-state index in [0.717, 1.165) is 11.1 Å². The highest BCUT2D eigenvalue weighted by atomic mass is 35.5. The van der Waals surface area contributed by atoms with Crippen LogP contribution in [0.1, 0.15) is 11.1 Å². The molecule has 0 atom stereocenters. The molecule has 22 heavy (non-hydrogen) atoms. The molecule has 0 spiro atoms. The van der Waals surface area contributed by atoms with E-state index in [1.807, 2.05) is 0 Å². The third-order valence-corrected chi connectivity index (χ3v) is 3.00. The number of hydrogen-bond donors (Lipinski definition) is 2. The van der Waals surface area contributed by atoms with Crippen LogP contribution in [0, 0.1) is 0 Å². The maximum atomic E-state index is 11.4. The molecule has 5 nitrogen and oxygen atoms in total. The zero-order valence-corrected chi connectivity index (χ0v) is 12.8. The highest BCUT2D eigenvalue weighted by molar-refractivity contribution is 6.30. The van der Waals surface area contributed by atoms with Gasteiger partial charge in [0.2, 0.25) is 0 Å². The highest BCUT2D eigenvalue weighted by Gasteiger charge is 1.94. The molecule has 2 rings (SSSR count). The van der Waals surface area contributed by atoms with E-state index in [1.54, 1.807) is 48.5 Å².